The molecule has 0 spiro atoms. The van der Waals surface area contributed by atoms with Gasteiger partial charge >= 0.3 is 17.9 Å². The maximum atomic E-state index is 12.9. The molecule has 0 rings (SSSR count). The van der Waals surface area contributed by atoms with E-state index in [1.807, 2.05) is 48.6 Å². The van der Waals surface area contributed by atoms with Gasteiger partial charge in [0.15, 0.2) is 6.10 Å². The van der Waals surface area contributed by atoms with Crippen molar-refractivity contribution < 1.29 is 28.6 Å². The number of carbonyl (C=O) groups is 3. The Bertz CT molecular complexity index is 1500. The fourth-order valence-corrected chi connectivity index (χ4v) is 7.76. The quantitative estimate of drug-likeness (QED) is 0.0199. The van der Waals surface area contributed by atoms with Crippen LogP contribution in [0.15, 0.2) is 122 Å². The van der Waals surface area contributed by atoms with Gasteiger partial charge in [0.25, 0.3) is 0 Å². The lowest BCUT2D eigenvalue weighted by molar-refractivity contribution is -0.167. The van der Waals surface area contributed by atoms with Gasteiger partial charge in [0.2, 0.25) is 0 Å². The molecule has 6 heteroatoms. The molecule has 0 amide bonds. The largest absolute Gasteiger partial charge is 0.462 e. The fourth-order valence-electron chi connectivity index (χ4n) is 7.76. The summed E-state index contributed by atoms with van der Waals surface area (Å²) in [5.41, 5.74) is 0. The van der Waals surface area contributed by atoms with Crippen molar-refractivity contribution in [3.05, 3.63) is 122 Å². The Labute approximate surface area is 437 Å². The summed E-state index contributed by atoms with van der Waals surface area (Å²) in [6, 6.07) is 0. The Hall–Kier alpha value is -4.19. The first kappa shape index (κ1) is 66.8. The molecule has 0 aromatic rings. The van der Waals surface area contributed by atoms with Crippen molar-refractivity contribution >= 4 is 17.9 Å². The molecule has 0 radical (unpaired) electrons. The molecule has 6 nitrogen and oxygen atoms in total. The molecule has 1 atom stereocenters. The first-order chi connectivity index (χ1) is 35.0. The smallest absolute Gasteiger partial charge is 0.306 e. The van der Waals surface area contributed by atoms with Crippen molar-refractivity contribution in [1.29, 1.82) is 0 Å². The summed E-state index contributed by atoms with van der Waals surface area (Å²) < 4.78 is 16.8. The van der Waals surface area contributed by atoms with Crippen LogP contribution in [0.25, 0.3) is 0 Å². The van der Waals surface area contributed by atoms with Crippen LogP contribution in [0.2, 0.25) is 0 Å². The summed E-state index contributed by atoms with van der Waals surface area (Å²) in [7, 11) is 0. The maximum Gasteiger partial charge on any atom is 0.306 e. The molecule has 0 fully saturated rings. The zero-order chi connectivity index (χ0) is 51.4. The number of ether oxygens (including phenoxy) is 3. The number of allylic oxidation sites excluding steroid dienone is 20. The average Bonchev–Trinajstić information content (AvgIpc) is 3.37. The minimum absolute atomic E-state index is 0.0988. The molecule has 0 aromatic carbocycles. The van der Waals surface area contributed by atoms with Gasteiger partial charge in [0, 0.05) is 19.3 Å². The van der Waals surface area contributed by atoms with Crippen LogP contribution in [-0.2, 0) is 28.6 Å². The molecule has 0 aliphatic heterocycles. The highest BCUT2D eigenvalue weighted by Crippen LogP contribution is 2.15. The fraction of sp³-hybridized carbons (Fsp3) is 0.646. The van der Waals surface area contributed by atoms with Gasteiger partial charge in [0.05, 0.1) is 0 Å². The van der Waals surface area contributed by atoms with E-state index in [1.165, 1.54) is 122 Å². The van der Waals surface area contributed by atoms with Gasteiger partial charge in [-0.1, -0.05) is 258 Å². The lowest BCUT2D eigenvalue weighted by Gasteiger charge is -2.18. The third-order valence-corrected chi connectivity index (χ3v) is 12.1. The summed E-state index contributed by atoms with van der Waals surface area (Å²) in [5, 5.41) is 0. The van der Waals surface area contributed by atoms with E-state index in [2.05, 4.69) is 93.7 Å². The molecule has 0 bridgehead atoms. The maximum absolute atomic E-state index is 12.9. The van der Waals surface area contributed by atoms with Crippen LogP contribution in [0.4, 0.5) is 0 Å². The van der Waals surface area contributed by atoms with Crippen LogP contribution in [0.3, 0.4) is 0 Å². The molecule has 0 saturated carbocycles. The monoisotopic (exact) mass is 983 g/mol. The Balaban J connectivity index is 4.46. The molecule has 0 aliphatic carbocycles. The first-order valence-corrected chi connectivity index (χ1v) is 29.1. The third kappa shape index (κ3) is 56.6. The number of rotatable bonds is 51. The molecule has 0 aromatic heterocycles. The highest BCUT2D eigenvalue weighted by atomic mass is 16.6. The minimum Gasteiger partial charge on any atom is -0.462 e. The molecule has 0 aliphatic rings. The summed E-state index contributed by atoms with van der Waals surface area (Å²) >= 11 is 0. The summed E-state index contributed by atoms with van der Waals surface area (Å²) in [5.74, 6) is -0.950. The van der Waals surface area contributed by atoms with E-state index in [-0.39, 0.29) is 31.1 Å². The van der Waals surface area contributed by atoms with Gasteiger partial charge < -0.3 is 14.2 Å². The Morgan fingerprint density at radius 2 is 0.620 bits per heavy atom. The molecule has 0 heterocycles. The predicted molar refractivity (Wildman–Crippen MR) is 306 cm³/mol. The second-order valence-corrected chi connectivity index (χ2v) is 18.9. The topological polar surface area (TPSA) is 78.9 Å². The molecule has 71 heavy (non-hydrogen) atoms. The van der Waals surface area contributed by atoms with Crippen molar-refractivity contribution in [1.82, 2.24) is 0 Å². The lowest BCUT2D eigenvalue weighted by atomic mass is 10.1. The van der Waals surface area contributed by atoms with E-state index >= 15 is 0 Å². The van der Waals surface area contributed by atoms with E-state index < -0.39 is 6.10 Å². The lowest BCUT2D eigenvalue weighted by Crippen LogP contribution is -2.30. The van der Waals surface area contributed by atoms with E-state index in [1.54, 1.807) is 0 Å². The van der Waals surface area contributed by atoms with E-state index in [4.69, 9.17) is 14.2 Å². The van der Waals surface area contributed by atoms with Crippen molar-refractivity contribution in [2.45, 2.75) is 258 Å². The van der Waals surface area contributed by atoms with Gasteiger partial charge in [-0.15, -0.1) is 0 Å². The number of unbranched alkanes of at least 4 members (excludes halogenated alkanes) is 25. The van der Waals surface area contributed by atoms with Crippen molar-refractivity contribution in [3.63, 3.8) is 0 Å². The van der Waals surface area contributed by atoms with Crippen molar-refractivity contribution in [2.24, 2.45) is 0 Å². The van der Waals surface area contributed by atoms with Crippen molar-refractivity contribution in [2.75, 3.05) is 13.2 Å². The van der Waals surface area contributed by atoms with Gasteiger partial charge in [-0.3, -0.25) is 14.4 Å². The van der Waals surface area contributed by atoms with Gasteiger partial charge in [-0.05, 0) is 96.3 Å². The van der Waals surface area contributed by atoms with E-state index in [9.17, 15) is 14.4 Å². The van der Waals surface area contributed by atoms with Gasteiger partial charge in [-0.25, -0.2) is 0 Å². The SMILES string of the molecule is CC\C=C/C=C\C=C/C=C\C=C/CCCCCC(=O)OCC(COC(=O)CCCCCCCCCCC/C=C\C/C=C\C/C=C\CC)OC(=O)CCCCCCCCCCCC/C=C\C=C/CCCCC. The first-order valence-electron chi connectivity index (χ1n) is 29.1. The second kappa shape index (κ2) is 58.4. The molecular weight excluding hydrogens is 877 g/mol. The van der Waals surface area contributed by atoms with E-state index in [0.29, 0.717) is 19.3 Å². The Kier molecular flexibility index (Phi) is 54.9. The molecular formula is C65H106O6. The van der Waals surface area contributed by atoms with Crippen LogP contribution in [0.5, 0.6) is 0 Å². The number of hydrogen-bond acceptors (Lipinski definition) is 6. The van der Waals surface area contributed by atoms with Gasteiger partial charge in [-0.2, -0.15) is 0 Å². The summed E-state index contributed by atoms with van der Waals surface area (Å²) in [4.78, 5) is 38.2. The molecule has 1 unspecified atom stereocenters. The van der Waals surface area contributed by atoms with Crippen LogP contribution in [0.1, 0.15) is 252 Å². The van der Waals surface area contributed by atoms with Crippen LogP contribution >= 0.6 is 0 Å². The molecule has 0 saturated heterocycles. The van der Waals surface area contributed by atoms with Gasteiger partial charge in [0.1, 0.15) is 13.2 Å². The Morgan fingerprint density at radius 1 is 0.310 bits per heavy atom. The summed E-state index contributed by atoms with van der Waals surface area (Å²) in [6.45, 7) is 6.32. The number of esters is 3. The number of carbonyl (C=O) groups excluding carboxylic acids is 3. The van der Waals surface area contributed by atoms with Crippen LogP contribution in [-0.4, -0.2) is 37.2 Å². The zero-order valence-corrected chi connectivity index (χ0v) is 45.9. The average molecular weight is 984 g/mol. The molecule has 402 valence electrons. The Morgan fingerprint density at radius 3 is 1.06 bits per heavy atom. The standard InChI is InChI=1S/C65H106O6/c1-4-7-10-13-16-19-22-25-28-30-32-34-37-40-43-46-49-52-55-58-64(67)70-61-62(60-69-63(66)57-54-51-48-45-42-39-36-27-24-21-18-15-12-9-6-3)71-65(68)59-56-53-50-47-44-41-38-35-33-31-29-26-23-20-17-14-11-8-5-2/h7,9-10,12,15-21,23-28,36,39,42,62H,4-6,8,11,13-14,22,29-35,37-38,40-41,43-61H2,1-3H3/b10-7-,12-9-,18-15-,19-16-,20-17-,24-21-,26-23-,28-25-,36-27-,42-39-. The predicted octanol–water partition coefficient (Wildman–Crippen LogP) is 19.6. The highest BCUT2D eigenvalue weighted by Gasteiger charge is 2.19. The second-order valence-electron chi connectivity index (χ2n) is 18.9. The molecule has 0 N–H and O–H groups in total. The minimum atomic E-state index is -0.804. The number of hydrogen-bond donors (Lipinski definition) is 0. The van der Waals surface area contributed by atoms with Crippen LogP contribution < -0.4 is 0 Å². The van der Waals surface area contributed by atoms with Crippen molar-refractivity contribution in [3.8, 4) is 0 Å². The van der Waals surface area contributed by atoms with Crippen LogP contribution in [0, 0.1) is 0 Å². The van der Waals surface area contributed by atoms with E-state index in [0.717, 1.165) is 89.9 Å². The normalized spacial score (nSPS) is 13.0. The summed E-state index contributed by atoms with van der Waals surface area (Å²) in [6.07, 6.45) is 80.4. The highest BCUT2D eigenvalue weighted by molar-refractivity contribution is 5.71. The third-order valence-electron chi connectivity index (χ3n) is 12.1. The zero-order valence-electron chi connectivity index (χ0n) is 45.9.